The van der Waals surface area contributed by atoms with E-state index in [-0.39, 0.29) is 12.6 Å². The maximum atomic E-state index is 11.9. The smallest absolute Gasteiger partial charge is 0.314 e. The Morgan fingerprint density at radius 3 is 2.33 bits per heavy atom. The number of nitrogens with one attached hydrogen (secondary N) is 1. The molecule has 1 rings (SSSR count). The lowest BCUT2D eigenvalue weighted by Gasteiger charge is -2.28. The Hall–Kier alpha value is -0.250. The first-order chi connectivity index (χ1) is 6.99. The highest BCUT2D eigenvalue weighted by molar-refractivity contribution is 4.76. The molecule has 1 atom stereocenters. The highest BCUT2D eigenvalue weighted by Gasteiger charge is 2.27. The van der Waals surface area contributed by atoms with Crippen molar-refractivity contribution in [2.24, 2.45) is 5.92 Å². The summed E-state index contributed by atoms with van der Waals surface area (Å²) in [6.45, 7) is 2.06. The molecule has 0 bridgehead atoms. The molecule has 0 spiro atoms. The van der Waals surface area contributed by atoms with Crippen molar-refractivity contribution in [3.8, 4) is 0 Å². The molecule has 0 aromatic heterocycles. The number of alkyl halides is 3. The van der Waals surface area contributed by atoms with Crippen molar-refractivity contribution >= 4 is 0 Å². The van der Waals surface area contributed by atoms with Crippen LogP contribution in [0.25, 0.3) is 0 Å². The summed E-state index contributed by atoms with van der Waals surface area (Å²) in [7, 11) is 0. The lowest BCUT2D eigenvalue weighted by Crippen LogP contribution is -2.36. The summed E-state index contributed by atoms with van der Waals surface area (Å²) in [6.07, 6.45) is 1.33. The molecule has 1 aliphatic carbocycles. The van der Waals surface area contributed by atoms with E-state index in [0.717, 1.165) is 0 Å². The van der Waals surface area contributed by atoms with Gasteiger partial charge in [-0.3, -0.25) is 0 Å². The molecule has 0 aliphatic heterocycles. The second kappa shape index (κ2) is 5.73. The quantitative estimate of drug-likeness (QED) is 0.769. The van der Waals surface area contributed by atoms with Crippen LogP contribution in [0.4, 0.5) is 13.2 Å². The van der Waals surface area contributed by atoms with Gasteiger partial charge < -0.3 is 5.32 Å². The molecule has 1 fully saturated rings. The van der Waals surface area contributed by atoms with E-state index in [1.807, 2.05) is 6.92 Å². The zero-order chi connectivity index (χ0) is 11.3. The molecule has 0 amide bonds. The van der Waals surface area contributed by atoms with Crippen LogP contribution in [0, 0.1) is 5.92 Å². The van der Waals surface area contributed by atoms with Crippen molar-refractivity contribution in [1.29, 1.82) is 0 Å². The molecule has 1 aliphatic rings. The Balaban J connectivity index is 2.14. The van der Waals surface area contributed by atoms with Crippen LogP contribution >= 0.6 is 0 Å². The van der Waals surface area contributed by atoms with Gasteiger partial charge in [0, 0.05) is 12.6 Å². The topological polar surface area (TPSA) is 12.0 Å². The summed E-state index contributed by atoms with van der Waals surface area (Å²) in [5.74, 6) is 0.576. The summed E-state index contributed by atoms with van der Waals surface area (Å²) < 4.78 is 35.7. The van der Waals surface area contributed by atoms with Gasteiger partial charge in [0.05, 0.1) is 6.42 Å². The predicted molar refractivity (Wildman–Crippen MR) is 54.7 cm³/mol. The minimum atomic E-state index is -4.03. The molecule has 90 valence electrons. The lowest BCUT2D eigenvalue weighted by molar-refractivity contribution is -0.133. The van der Waals surface area contributed by atoms with Gasteiger partial charge >= 0.3 is 6.18 Å². The van der Waals surface area contributed by atoms with Crippen LogP contribution in [0.1, 0.15) is 45.4 Å². The Kier molecular flexibility index (Phi) is 4.90. The average Bonchev–Trinajstić information content (AvgIpc) is 2.17. The molecule has 0 aromatic carbocycles. The zero-order valence-corrected chi connectivity index (χ0v) is 9.24. The summed E-state index contributed by atoms with van der Waals surface area (Å²) in [5.41, 5.74) is 0. The van der Waals surface area contributed by atoms with Crippen molar-refractivity contribution < 1.29 is 13.2 Å². The molecule has 0 saturated heterocycles. The fourth-order valence-corrected chi connectivity index (χ4v) is 2.24. The average molecular weight is 223 g/mol. The second-order valence-electron chi connectivity index (χ2n) is 4.51. The van der Waals surface area contributed by atoms with Crippen molar-refractivity contribution in [2.75, 3.05) is 6.54 Å². The normalized spacial score (nSPS) is 21.6. The van der Waals surface area contributed by atoms with Crippen LogP contribution in [0.2, 0.25) is 0 Å². The van der Waals surface area contributed by atoms with Gasteiger partial charge in [0.15, 0.2) is 0 Å². The van der Waals surface area contributed by atoms with Gasteiger partial charge in [-0.2, -0.15) is 13.2 Å². The Bertz CT molecular complexity index is 173. The van der Waals surface area contributed by atoms with E-state index in [0.29, 0.717) is 5.92 Å². The standard InChI is InChI=1S/C11H20F3N/c1-9(10-5-3-2-4-6-10)15-8-7-11(12,13)14/h9-10,15H,2-8H2,1H3/t9-/m0/s1. The minimum absolute atomic E-state index is 0.0567. The third-order valence-electron chi connectivity index (χ3n) is 3.23. The second-order valence-corrected chi connectivity index (χ2v) is 4.51. The minimum Gasteiger partial charge on any atom is -0.314 e. The van der Waals surface area contributed by atoms with Crippen LogP contribution in [-0.4, -0.2) is 18.8 Å². The van der Waals surface area contributed by atoms with Crippen LogP contribution in [0.5, 0.6) is 0 Å². The maximum absolute atomic E-state index is 11.9. The van der Waals surface area contributed by atoms with E-state index in [1.165, 1.54) is 32.1 Å². The van der Waals surface area contributed by atoms with Gasteiger partial charge in [-0.15, -0.1) is 0 Å². The fraction of sp³-hybridized carbons (Fsp3) is 1.00. The monoisotopic (exact) mass is 223 g/mol. The molecule has 0 radical (unpaired) electrons. The molecular weight excluding hydrogens is 203 g/mol. The van der Waals surface area contributed by atoms with Gasteiger partial charge in [-0.25, -0.2) is 0 Å². The maximum Gasteiger partial charge on any atom is 0.390 e. The number of halogens is 3. The third-order valence-corrected chi connectivity index (χ3v) is 3.23. The Morgan fingerprint density at radius 1 is 1.20 bits per heavy atom. The van der Waals surface area contributed by atoms with Gasteiger partial charge in [0.1, 0.15) is 0 Å². The van der Waals surface area contributed by atoms with E-state index in [1.54, 1.807) is 0 Å². The predicted octanol–water partition coefficient (Wildman–Crippen LogP) is 3.50. The Labute approximate surface area is 89.4 Å². The zero-order valence-electron chi connectivity index (χ0n) is 9.24. The van der Waals surface area contributed by atoms with E-state index in [4.69, 9.17) is 0 Å². The largest absolute Gasteiger partial charge is 0.390 e. The molecular formula is C11H20F3N. The van der Waals surface area contributed by atoms with Crippen LogP contribution in [-0.2, 0) is 0 Å². The van der Waals surface area contributed by atoms with Gasteiger partial charge in [0.2, 0.25) is 0 Å². The van der Waals surface area contributed by atoms with E-state index >= 15 is 0 Å². The Morgan fingerprint density at radius 2 is 1.80 bits per heavy atom. The molecule has 0 unspecified atom stereocenters. The molecule has 1 saturated carbocycles. The van der Waals surface area contributed by atoms with Gasteiger partial charge in [0.25, 0.3) is 0 Å². The molecule has 1 nitrogen and oxygen atoms in total. The highest BCUT2D eigenvalue weighted by Crippen LogP contribution is 2.26. The van der Waals surface area contributed by atoms with Crippen LogP contribution in [0.15, 0.2) is 0 Å². The van der Waals surface area contributed by atoms with Crippen molar-refractivity contribution in [3.63, 3.8) is 0 Å². The van der Waals surface area contributed by atoms with Crippen molar-refractivity contribution in [2.45, 2.75) is 57.7 Å². The first-order valence-corrected chi connectivity index (χ1v) is 5.79. The summed E-state index contributed by atoms with van der Waals surface area (Å²) >= 11 is 0. The van der Waals surface area contributed by atoms with Crippen LogP contribution in [0.3, 0.4) is 0 Å². The molecule has 0 heterocycles. The number of hydrogen-bond acceptors (Lipinski definition) is 1. The van der Waals surface area contributed by atoms with Gasteiger partial charge in [-0.1, -0.05) is 19.3 Å². The molecule has 1 N–H and O–H groups in total. The van der Waals surface area contributed by atoms with Gasteiger partial charge in [-0.05, 0) is 25.7 Å². The number of rotatable bonds is 4. The number of hydrogen-bond donors (Lipinski definition) is 1. The fourth-order valence-electron chi connectivity index (χ4n) is 2.24. The summed E-state index contributed by atoms with van der Waals surface area (Å²) in [5, 5.41) is 2.99. The van der Waals surface area contributed by atoms with Crippen molar-refractivity contribution in [3.05, 3.63) is 0 Å². The molecule has 0 aromatic rings. The summed E-state index contributed by atoms with van der Waals surface area (Å²) in [4.78, 5) is 0. The first-order valence-electron chi connectivity index (χ1n) is 5.79. The lowest BCUT2D eigenvalue weighted by atomic mass is 9.84. The molecule has 4 heteroatoms. The SMILES string of the molecule is C[C@H](NCCC(F)(F)F)C1CCCCC1. The third kappa shape index (κ3) is 5.40. The first kappa shape index (κ1) is 12.8. The van der Waals surface area contributed by atoms with E-state index in [2.05, 4.69) is 5.32 Å². The van der Waals surface area contributed by atoms with E-state index in [9.17, 15) is 13.2 Å². The van der Waals surface area contributed by atoms with Crippen molar-refractivity contribution in [1.82, 2.24) is 5.32 Å². The highest BCUT2D eigenvalue weighted by atomic mass is 19.4. The molecule has 15 heavy (non-hydrogen) atoms. The summed E-state index contributed by atoms with van der Waals surface area (Å²) in [6, 6.07) is 0.229. The van der Waals surface area contributed by atoms with E-state index < -0.39 is 12.6 Å². The van der Waals surface area contributed by atoms with Crippen LogP contribution < -0.4 is 5.32 Å².